The van der Waals surface area contributed by atoms with E-state index in [4.69, 9.17) is 16.0 Å². The van der Waals surface area contributed by atoms with Crippen molar-refractivity contribution in [1.82, 2.24) is 4.90 Å². The van der Waals surface area contributed by atoms with Crippen molar-refractivity contribution >= 4 is 44.0 Å². The standard InChI is InChI=1S/C21H21ClN2O4S/c1-29(26,27)14-16-15-6-2-5-9-19(15)28-20(16)21(25)24-12-10-23(11-13-24)18-8-4-3-7-17(18)22/h2-9H,10-14H2,1H3. The van der Waals surface area contributed by atoms with Crippen LogP contribution in [-0.2, 0) is 15.6 Å². The zero-order valence-electron chi connectivity index (χ0n) is 16.0. The third kappa shape index (κ3) is 4.11. The van der Waals surface area contributed by atoms with Gasteiger partial charge >= 0.3 is 0 Å². The van der Waals surface area contributed by atoms with Gasteiger partial charge in [-0.1, -0.05) is 41.9 Å². The van der Waals surface area contributed by atoms with Crippen molar-refractivity contribution in [2.24, 2.45) is 0 Å². The average Bonchev–Trinajstić information content (AvgIpc) is 3.05. The molecule has 4 rings (SSSR count). The number of halogens is 1. The van der Waals surface area contributed by atoms with Gasteiger partial charge in [-0.25, -0.2) is 8.42 Å². The fourth-order valence-corrected chi connectivity index (χ4v) is 4.75. The largest absolute Gasteiger partial charge is 0.451 e. The van der Waals surface area contributed by atoms with Gasteiger partial charge in [-0.2, -0.15) is 0 Å². The summed E-state index contributed by atoms with van der Waals surface area (Å²) in [6.07, 6.45) is 1.16. The van der Waals surface area contributed by atoms with Gasteiger partial charge < -0.3 is 14.2 Å². The summed E-state index contributed by atoms with van der Waals surface area (Å²) in [5.41, 5.74) is 1.90. The molecule has 2 heterocycles. The summed E-state index contributed by atoms with van der Waals surface area (Å²) >= 11 is 6.29. The summed E-state index contributed by atoms with van der Waals surface area (Å²) in [6.45, 7) is 2.27. The molecular weight excluding hydrogens is 412 g/mol. The van der Waals surface area contributed by atoms with Crippen LogP contribution in [-0.4, -0.2) is 51.7 Å². The highest BCUT2D eigenvalue weighted by Crippen LogP contribution is 2.30. The van der Waals surface area contributed by atoms with E-state index in [0.717, 1.165) is 11.9 Å². The lowest BCUT2D eigenvalue weighted by molar-refractivity contribution is 0.0716. The number of furan rings is 1. The number of anilines is 1. The Morgan fingerprint density at radius 1 is 1.03 bits per heavy atom. The number of fused-ring (bicyclic) bond motifs is 1. The summed E-state index contributed by atoms with van der Waals surface area (Å²) in [7, 11) is -3.33. The van der Waals surface area contributed by atoms with Gasteiger partial charge in [0.25, 0.3) is 5.91 Å². The number of nitrogens with zero attached hydrogens (tertiary/aromatic N) is 2. The van der Waals surface area contributed by atoms with Crippen molar-refractivity contribution in [3.05, 3.63) is 64.9 Å². The van der Waals surface area contributed by atoms with Gasteiger partial charge in [0.15, 0.2) is 15.6 Å². The van der Waals surface area contributed by atoms with Crippen LogP contribution in [0.3, 0.4) is 0 Å². The normalized spacial score (nSPS) is 15.1. The first-order chi connectivity index (χ1) is 13.8. The first-order valence-corrected chi connectivity index (χ1v) is 11.7. The van der Waals surface area contributed by atoms with E-state index >= 15 is 0 Å². The summed E-state index contributed by atoms with van der Waals surface area (Å²) in [4.78, 5) is 17.0. The zero-order chi connectivity index (χ0) is 20.6. The summed E-state index contributed by atoms with van der Waals surface area (Å²) in [6, 6.07) is 14.8. The van der Waals surface area contributed by atoms with E-state index in [0.29, 0.717) is 47.7 Å². The molecule has 1 aromatic heterocycles. The highest BCUT2D eigenvalue weighted by atomic mass is 35.5. The van der Waals surface area contributed by atoms with Crippen molar-refractivity contribution < 1.29 is 17.6 Å². The minimum Gasteiger partial charge on any atom is -0.451 e. The molecule has 1 fully saturated rings. The van der Waals surface area contributed by atoms with Crippen LogP contribution in [0.2, 0.25) is 5.02 Å². The molecule has 0 aliphatic carbocycles. The van der Waals surface area contributed by atoms with Crippen molar-refractivity contribution in [3.63, 3.8) is 0 Å². The van der Waals surface area contributed by atoms with E-state index in [2.05, 4.69) is 4.90 Å². The third-order valence-electron chi connectivity index (χ3n) is 5.06. The van der Waals surface area contributed by atoms with Crippen LogP contribution in [0.25, 0.3) is 11.0 Å². The molecule has 0 atom stereocenters. The number of para-hydroxylation sites is 2. The summed E-state index contributed by atoms with van der Waals surface area (Å²) in [5.74, 6) is -0.397. The third-order valence-corrected chi connectivity index (χ3v) is 6.19. The van der Waals surface area contributed by atoms with Crippen LogP contribution >= 0.6 is 11.6 Å². The van der Waals surface area contributed by atoms with E-state index < -0.39 is 9.84 Å². The molecule has 1 aliphatic heterocycles. The number of amides is 1. The maximum Gasteiger partial charge on any atom is 0.290 e. The number of hydrogen-bond donors (Lipinski definition) is 0. The summed E-state index contributed by atoms with van der Waals surface area (Å²) < 4.78 is 29.7. The number of piperazine rings is 1. The Labute approximate surface area is 174 Å². The van der Waals surface area contributed by atoms with Crippen LogP contribution in [0.5, 0.6) is 0 Å². The molecule has 0 spiro atoms. The fourth-order valence-electron chi connectivity index (χ4n) is 3.68. The monoisotopic (exact) mass is 432 g/mol. The predicted octanol–water partition coefficient (Wildman–Crippen LogP) is 3.59. The quantitative estimate of drug-likeness (QED) is 0.630. The molecule has 8 heteroatoms. The molecular formula is C21H21ClN2O4S. The van der Waals surface area contributed by atoms with Gasteiger partial charge in [-0.15, -0.1) is 0 Å². The molecule has 0 radical (unpaired) electrons. The van der Waals surface area contributed by atoms with E-state index in [1.807, 2.05) is 24.3 Å². The lowest BCUT2D eigenvalue weighted by atomic mass is 10.1. The molecule has 1 saturated heterocycles. The van der Waals surface area contributed by atoms with Crippen LogP contribution in [0.15, 0.2) is 52.9 Å². The number of carbonyl (C=O) groups is 1. The number of carbonyl (C=O) groups excluding carboxylic acids is 1. The second-order valence-corrected chi connectivity index (χ2v) is 9.75. The zero-order valence-corrected chi connectivity index (χ0v) is 17.5. The molecule has 0 bridgehead atoms. The first kappa shape index (κ1) is 19.8. The maximum absolute atomic E-state index is 13.2. The molecule has 0 saturated carbocycles. The van der Waals surface area contributed by atoms with Gasteiger partial charge in [-0.05, 0) is 18.2 Å². The van der Waals surface area contributed by atoms with Gasteiger partial charge in [0.1, 0.15) is 5.58 Å². The second kappa shape index (κ2) is 7.72. The molecule has 2 aromatic carbocycles. The Kier molecular flexibility index (Phi) is 5.27. The predicted molar refractivity (Wildman–Crippen MR) is 114 cm³/mol. The Morgan fingerprint density at radius 3 is 2.38 bits per heavy atom. The minimum absolute atomic E-state index is 0.114. The lowest BCUT2D eigenvalue weighted by Gasteiger charge is -2.36. The fraction of sp³-hybridized carbons (Fsp3) is 0.286. The number of hydrogen-bond acceptors (Lipinski definition) is 5. The summed E-state index contributed by atoms with van der Waals surface area (Å²) in [5, 5.41) is 1.34. The molecule has 29 heavy (non-hydrogen) atoms. The van der Waals surface area contributed by atoms with Crippen LogP contribution < -0.4 is 4.90 Å². The van der Waals surface area contributed by atoms with Gasteiger partial charge in [0.2, 0.25) is 0 Å². The highest BCUT2D eigenvalue weighted by Gasteiger charge is 2.29. The van der Waals surface area contributed by atoms with Crippen molar-refractivity contribution in [2.45, 2.75) is 5.75 Å². The molecule has 1 amide bonds. The number of rotatable bonds is 4. The van der Waals surface area contributed by atoms with E-state index in [-0.39, 0.29) is 17.4 Å². The van der Waals surface area contributed by atoms with Crippen molar-refractivity contribution in [3.8, 4) is 0 Å². The van der Waals surface area contributed by atoms with Gasteiger partial charge in [-0.3, -0.25) is 4.79 Å². The van der Waals surface area contributed by atoms with E-state index in [9.17, 15) is 13.2 Å². The molecule has 0 unspecified atom stereocenters. The Balaban J connectivity index is 1.58. The average molecular weight is 433 g/mol. The van der Waals surface area contributed by atoms with Crippen LogP contribution in [0.4, 0.5) is 5.69 Å². The van der Waals surface area contributed by atoms with Crippen molar-refractivity contribution in [1.29, 1.82) is 0 Å². The van der Waals surface area contributed by atoms with Gasteiger partial charge in [0, 0.05) is 43.4 Å². The highest BCUT2D eigenvalue weighted by molar-refractivity contribution is 7.89. The van der Waals surface area contributed by atoms with Crippen LogP contribution in [0.1, 0.15) is 16.1 Å². The molecule has 0 N–H and O–H groups in total. The smallest absolute Gasteiger partial charge is 0.290 e. The molecule has 1 aliphatic rings. The molecule has 6 nitrogen and oxygen atoms in total. The molecule has 3 aromatic rings. The first-order valence-electron chi connectivity index (χ1n) is 9.30. The Hall–Kier alpha value is -2.51. The minimum atomic E-state index is -3.33. The SMILES string of the molecule is CS(=O)(=O)Cc1c(C(=O)N2CCN(c3ccccc3Cl)CC2)oc2ccccc12. The van der Waals surface area contributed by atoms with E-state index in [1.54, 1.807) is 29.2 Å². The second-order valence-electron chi connectivity index (χ2n) is 7.21. The topological polar surface area (TPSA) is 70.8 Å². The lowest BCUT2D eigenvalue weighted by Crippen LogP contribution is -2.49. The maximum atomic E-state index is 13.2. The Morgan fingerprint density at radius 2 is 1.69 bits per heavy atom. The van der Waals surface area contributed by atoms with E-state index in [1.165, 1.54) is 0 Å². The van der Waals surface area contributed by atoms with Crippen LogP contribution in [0, 0.1) is 0 Å². The number of benzene rings is 2. The van der Waals surface area contributed by atoms with Crippen molar-refractivity contribution in [2.75, 3.05) is 37.3 Å². The Bertz CT molecular complexity index is 1160. The van der Waals surface area contributed by atoms with Gasteiger partial charge in [0.05, 0.1) is 16.5 Å². The number of sulfone groups is 1. The molecule has 152 valence electrons.